The molecular formula is C8H20N2O. The van der Waals surface area contributed by atoms with E-state index in [0.717, 1.165) is 32.2 Å². The average Bonchev–Trinajstić information content (AvgIpc) is 1.87. The van der Waals surface area contributed by atoms with E-state index in [4.69, 9.17) is 10.6 Å². The maximum Gasteiger partial charge on any atom is 0.0608 e. The lowest BCUT2D eigenvalue weighted by Gasteiger charge is -2.20. The van der Waals surface area contributed by atoms with Gasteiger partial charge in [0.05, 0.1) is 13.2 Å². The van der Waals surface area contributed by atoms with Gasteiger partial charge in [-0.15, -0.1) is 0 Å². The first-order valence-corrected chi connectivity index (χ1v) is 4.20. The molecule has 0 aromatic rings. The number of hydrazine groups is 1. The fraction of sp³-hybridized carbons (Fsp3) is 1.00. The normalized spacial score (nSPS) is 19.4. The molecule has 0 spiro atoms. The van der Waals surface area contributed by atoms with Gasteiger partial charge < -0.3 is 4.74 Å². The van der Waals surface area contributed by atoms with E-state index in [1.807, 2.05) is 0 Å². The van der Waals surface area contributed by atoms with Crippen molar-refractivity contribution in [1.82, 2.24) is 5.01 Å². The maximum absolute atomic E-state index is 5.39. The number of nitrogens with zero attached hydrogens (tertiary/aromatic N) is 1. The van der Waals surface area contributed by atoms with Crippen molar-refractivity contribution in [3.05, 3.63) is 0 Å². The Morgan fingerprint density at radius 1 is 1.18 bits per heavy atom. The molecule has 3 nitrogen and oxygen atoms in total. The van der Waals surface area contributed by atoms with Gasteiger partial charge in [0.15, 0.2) is 0 Å². The molecular weight excluding hydrogens is 140 g/mol. The summed E-state index contributed by atoms with van der Waals surface area (Å²) in [6.07, 6.45) is 0. The summed E-state index contributed by atoms with van der Waals surface area (Å²) < 4.78 is 5.02. The maximum atomic E-state index is 5.39. The monoisotopic (exact) mass is 160 g/mol. The number of hydrogen-bond acceptors (Lipinski definition) is 3. The van der Waals surface area contributed by atoms with Crippen LogP contribution in [0.15, 0.2) is 0 Å². The topological polar surface area (TPSA) is 38.5 Å². The molecule has 0 aromatic heterocycles. The molecule has 68 valence electrons. The highest BCUT2D eigenvalue weighted by atomic mass is 16.5. The van der Waals surface area contributed by atoms with E-state index in [1.165, 1.54) is 0 Å². The Hall–Kier alpha value is -0.120. The third-order valence-electron chi connectivity index (χ3n) is 1.05. The number of rotatable bonds is 0. The molecule has 1 aliphatic rings. The zero-order valence-electron chi connectivity index (χ0n) is 7.84. The van der Waals surface area contributed by atoms with Crippen LogP contribution in [0.4, 0.5) is 0 Å². The first-order chi connectivity index (χ1) is 5.13. The molecule has 3 heteroatoms. The van der Waals surface area contributed by atoms with E-state index in [-0.39, 0.29) is 0 Å². The highest BCUT2D eigenvalue weighted by Gasteiger charge is 2.02. The van der Waals surface area contributed by atoms with Crippen LogP contribution in [-0.2, 0) is 4.74 Å². The van der Waals surface area contributed by atoms with Crippen molar-refractivity contribution in [2.75, 3.05) is 26.3 Å². The van der Waals surface area contributed by atoms with Crippen LogP contribution >= 0.6 is 0 Å². The predicted molar refractivity (Wildman–Crippen MR) is 47.1 cm³/mol. The zero-order chi connectivity index (χ0) is 8.69. The molecule has 0 unspecified atom stereocenters. The lowest BCUT2D eigenvalue weighted by Crippen LogP contribution is -2.41. The summed E-state index contributed by atoms with van der Waals surface area (Å²) >= 11 is 0. The Balaban J connectivity index is 0.000000218. The molecule has 11 heavy (non-hydrogen) atoms. The Morgan fingerprint density at radius 3 is 1.73 bits per heavy atom. The van der Waals surface area contributed by atoms with Crippen molar-refractivity contribution in [3.63, 3.8) is 0 Å². The molecule has 0 saturated carbocycles. The molecule has 1 saturated heterocycles. The van der Waals surface area contributed by atoms with Gasteiger partial charge in [0.2, 0.25) is 0 Å². The van der Waals surface area contributed by atoms with Gasteiger partial charge >= 0.3 is 0 Å². The highest BCUT2D eigenvalue weighted by Crippen LogP contribution is 1.86. The van der Waals surface area contributed by atoms with Gasteiger partial charge in [0, 0.05) is 13.1 Å². The fourth-order valence-corrected chi connectivity index (χ4v) is 0.577. The molecule has 0 atom stereocenters. The van der Waals surface area contributed by atoms with Gasteiger partial charge in [-0.2, -0.15) is 0 Å². The molecule has 0 amide bonds. The van der Waals surface area contributed by atoms with Gasteiger partial charge in [-0.05, 0) is 5.92 Å². The Labute approximate surface area is 69.5 Å². The summed E-state index contributed by atoms with van der Waals surface area (Å²) in [6, 6.07) is 0. The van der Waals surface area contributed by atoms with Crippen molar-refractivity contribution >= 4 is 0 Å². The molecule has 0 aliphatic carbocycles. The van der Waals surface area contributed by atoms with Crippen molar-refractivity contribution in [3.8, 4) is 0 Å². The second-order valence-electron chi connectivity index (χ2n) is 3.38. The van der Waals surface area contributed by atoms with E-state index in [0.29, 0.717) is 0 Å². The SMILES string of the molecule is CC(C)C.NN1CCOCC1. The van der Waals surface area contributed by atoms with E-state index < -0.39 is 0 Å². The quantitative estimate of drug-likeness (QED) is 0.534. The summed E-state index contributed by atoms with van der Waals surface area (Å²) in [7, 11) is 0. The largest absolute Gasteiger partial charge is 0.379 e. The van der Waals surface area contributed by atoms with E-state index in [9.17, 15) is 0 Å². The van der Waals surface area contributed by atoms with Crippen LogP contribution in [0, 0.1) is 5.92 Å². The third-order valence-corrected chi connectivity index (χ3v) is 1.05. The minimum absolute atomic E-state index is 0.788. The predicted octanol–water partition coefficient (Wildman–Crippen LogP) is 0.855. The number of hydrogen-bond donors (Lipinski definition) is 1. The number of ether oxygens (including phenoxy) is 1. The number of morpholine rings is 1. The standard InChI is InChI=1S/C4H10N2O.C4H10/c5-6-1-3-7-4-2-6;1-4(2)3/h1-5H2;4H,1-3H3. The summed E-state index contributed by atoms with van der Waals surface area (Å²) in [5, 5.41) is 1.77. The molecule has 2 N–H and O–H groups in total. The van der Waals surface area contributed by atoms with Gasteiger partial charge in [-0.3, -0.25) is 5.84 Å². The first kappa shape index (κ1) is 10.9. The van der Waals surface area contributed by atoms with Crippen LogP contribution in [0.1, 0.15) is 20.8 Å². The van der Waals surface area contributed by atoms with Gasteiger partial charge in [-0.1, -0.05) is 20.8 Å². The van der Waals surface area contributed by atoms with Crippen LogP contribution in [0.25, 0.3) is 0 Å². The summed E-state index contributed by atoms with van der Waals surface area (Å²) in [5.74, 6) is 6.22. The lowest BCUT2D eigenvalue weighted by molar-refractivity contribution is 0.0378. The van der Waals surface area contributed by atoms with Crippen LogP contribution < -0.4 is 5.84 Å². The minimum atomic E-state index is 0.788. The number of nitrogens with two attached hydrogens (primary N) is 1. The van der Waals surface area contributed by atoms with Crippen molar-refractivity contribution < 1.29 is 4.74 Å². The average molecular weight is 160 g/mol. The first-order valence-electron chi connectivity index (χ1n) is 4.20. The van der Waals surface area contributed by atoms with Crippen LogP contribution in [0.2, 0.25) is 0 Å². The molecule has 1 aliphatic heterocycles. The van der Waals surface area contributed by atoms with E-state index in [1.54, 1.807) is 5.01 Å². The van der Waals surface area contributed by atoms with E-state index in [2.05, 4.69) is 20.8 Å². The molecule has 1 heterocycles. The Morgan fingerprint density at radius 2 is 1.55 bits per heavy atom. The summed E-state index contributed by atoms with van der Waals surface area (Å²) in [6.45, 7) is 9.83. The summed E-state index contributed by atoms with van der Waals surface area (Å²) in [5.41, 5.74) is 0. The van der Waals surface area contributed by atoms with Crippen molar-refractivity contribution in [2.24, 2.45) is 11.8 Å². The molecule has 1 rings (SSSR count). The molecule has 0 bridgehead atoms. The minimum Gasteiger partial charge on any atom is -0.379 e. The van der Waals surface area contributed by atoms with Crippen LogP contribution in [0.5, 0.6) is 0 Å². The second kappa shape index (κ2) is 6.58. The zero-order valence-corrected chi connectivity index (χ0v) is 7.84. The van der Waals surface area contributed by atoms with E-state index >= 15 is 0 Å². The van der Waals surface area contributed by atoms with Crippen molar-refractivity contribution in [2.45, 2.75) is 20.8 Å². The van der Waals surface area contributed by atoms with Crippen molar-refractivity contribution in [1.29, 1.82) is 0 Å². The second-order valence-corrected chi connectivity index (χ2v) is 3.38. The Kier molecular flexibility index (Phi) is 6.51. The molecule has 0 radical (unpaired) electrons. The third kappa shape index (κ3) is 9.88. The molecule has 0 aromatic carbocycles. The molecule has 1 fully saturated rings. The highest BCUT2D eigenvalue weighted by molar-refractivity contribution is 4.51. The smallest absolute Gasteiger partial charge is 0.0608 e. The Bertz CT molecular complexity index is 77.4. The lowest BCUT2D eigenvalue weighted by atomic mass is 10.3. The summed E-state index contributed by atoms with van der Waals surface area (Å²) in [4.78, 5) is 0. The van der Waals surface area contributed by atoms with Crippen LogP contribution in [0.3, 0.4) is 0 Å². The van der Waals surface area contributed by atoms with Crippen LogP contribution in [-0.4, -0.2) is 31.3 Å². The fourth-order valence-electron chi connectivity index (χ4n) is 0.577. The van der Waals surface area contributed by atoms with Gasteiger partial charge in [0.25, 0.3) is 0 Å². The van der Waals surface area contributed by atoms with Gasteiger partial charge in [0.1, 0.15) is 0 Å². The van der Waals surface area contributed by atoms with Gasteiger partial charge in [-0.25, -0.2) is 5.01 Å².